The third-order valence-electron chi connectivity index (χ3n) is 2.56. The first-order chi connectivity index (χ1) is 8.72. The lowest BCUT2D eigenvalue weighted by molar-refractivity contribution is 1.03. The molecule has 90 valence electrons. The topological polar surface area (TPSA) is 41.6 Å². The number of fused-ring (bicyclic) bond motifs is 1. The quantitative estimate of drug-likeness (QED) is 0.770. The van der Waals surface area contributed by atoms with Crippen molar-refractivity contribution in [2.75, 3.05) is 0 Å². The van der Waals surface area contributed by atoms with Gasteiger partial charge in [0.15, 0.2) is 5.16 Å². The molecular formula is C13H10BrN3S. The van der Waals surface area contributed by atoms with Crippen LogP contribution in [0.5, 0.6) is 0 Å². The Morgan fingerprint density at radius 2 is 2.11 bits per heavy atom. The zero-order chi connectivity index (χ0) is 12.5. The van der Waals surface area contributed by atoms with Gasteiger partial charge in [0.2, 0.25) is 0 Å². The van der Waals surface area contributed by atoms with Crippen molar-refractivity contribution in [3.05, 3.63) is 46.6 Å². The summed E-state index contributed by atoms with van der Waals surface area (Å²) in [5.41, 5.74) is 3.17. The molecular weight excluding hydrogens is 310 g/mol. The van der Waals surface area contributed by atoms with Crippen LogP contribution in [-0.4, -0.2) is 15.0 Å². The molecule has 3 aromatic rings. The monoisotopic (exact) mass is 319 g/mol. The number of nitrogens with zero attached hydrogens (tertiary/aromatic N) is 2. The third-order valence-corrected chi connectivity index (χ3v) is 4.00. The standard InChI is InChI=1S/C13H10BrN3S/c1-8-6-9(14)7-15-12(8)18-13-16-10-4-2-3-5-11(10)17-13/h2-7H,1H3,(H,16,17). The maximum absolute atomic E-state index is 4.53. The van der Waals surface area contributed by atoms with E-state index in [-0.39, 0.29) is 0 Å². The first-order valence-corrected chi connectivity index (χ1v) is 7.08. The smallest absolute Gasteiger partial charge is 0.172 e. The second kappa shape index (κ2) is 4.74. The zero-order valence-corrected chi connectivity index (χ0v) is 12.0. The number of halogens is 1. The van der Waals surface area contributed by atoms with Crippen LogP contribution in [0.1, 0.15) is 5.56 Å². The van der Waals surface area contributed by atoms with E-state index >= 15 is 0 Å². The van der Waals surface area contributed by atoms with Gasteiger partial charge in [-0.15, -0.1) is 0 Å². The molecule has 18 heavy (non-hydrogen) atoms. The van der Waals surface area contributed by atoms with Crippen molar-refractivity contribution in [2.45, 2.75) is 17.1 Å². The number of hydrogen-bond acceptors (Lipinski definition) is 3. The molecule has 0 atom stereocenters. The number of hydrogen-bond donors (Lipinski definition) is 1. The fourth-order valence-electron chi connectivity index (χ4n) is 1.70. The van der Waals surface area contributed by atoms with Crippen LogP contribution in [0.3, 0.4) is 0 Å². The maximum atomic E-state index is 4.53. The van der Waals surface area contributed by atoms with Gasteiger partial charge in [0.05, 0.1) is 11.0 Å². The molecule has 3 rings (SSSR count). The molecule has 0 bridgehead atoms. The lowest BCUT2D eigenvalue weighted by atomic mass is 10.3. The molecule has 2 heterocycles. The molecule has 1 aromatic carbocycles. The largest absolute Gasteiger partial charge is 0.333 e. The highest BCUT2D eigenvalue weighted by Crippen LogP contribution is 2.29. The molecule has 1 N–H and O–H groups in total. The molecule has 0 spiro atoms. The van der Waals surface area contributed by atoms with Crippen molar-refractivity contribution in [2.24, 2.45) is 0 Å². The van der Waals surface area contributed by atoms with E-state index in [1.165, 1.54) is 0 Å². The van der Waals surface area contributed by atoms with Crippen LogP contribution in [0.15, 0.2) is 51.2 Å². The average Bonchev–Trinajstić information content (AvgIpc) is 2.75. The number of para-hydroxylation sites is 2. The number of pyridine rings is 1. The van der Waals surface area contributed by atoms with Crippen LogP contribution in [0, 0.1) is 6.92 Å². The number of imidazole rings is 1. The maximum Gasteiger partial charge on any atom is 0.172 e. The van der Waals surface area contributed by atoms with Gasteiger partial charge < -0.3 is 4.98 Å². The number of benzene rings is 1. The van der Waals surface area contributed by atoms with Crippen molar-refractivity contribution in [1.82, 2.24) is 15.0 Å². The Hall–Kier alpha value is -1.33. The molecule has 2 aromatic heterocycles. The van der Waals surface area contributed by atoms with Crippen LogP contribution in [-0.2, 0) is 0 Å². The lowest BCUT2D eigenvalue weighted by Crippen LogP contribution is -1.86. The van der Waals surface area contributed by atoms with E-state index in [1.54, 1.807) is 18.0 Å². The number of aromatic nitrogens is 3. The fourth-order valence-corrected chi connectivity index (χ4v) is 2.96. The molecule has 0 aliphatic carbocycles. The highest BCUT2D eigenvalue weighted by molar-refractivity contribution is 9.10. The molecule has 5 heteroatoms. The summed E-state index contributed by atoms with van der Waals surface area (Å²) in [4.78, 5) is 12.2. The summed E-state index contributed by atoms with van der Waals surface area (Å²) in [6, 6.07) is 10.1. The van der Waals surface area contributed by atoms with Crippen LogP contribution >= 0.6 is 27.7 Å². The molecule has 0 saturated carbocycles. The number of aryl methyl sites for hydroxylation is 1. The van der Waals surface area contributed by atoms with E-state index in [1.807, 2.05) is 31.2 Å². The van der Waals surface area contributed by atoms with Gasteiger partial charge in [0.1, 0.15) is 5.03 Å². The number of nitrogens with one attached hydrogen (secondary N) is 1. The third kappa shape index (κ3) is 2.28. The highest BCUT2D eigenvalue weighted by Gasteiger charge is 2.07. The van der Waals surface area contributed by atoms with Gasteiger partial charge >= 0.3 is 0 Å². The fraction of sp³-hybridized carbons (Fsp3) is 0.0769. The van der Waals surface area contributed by atoms with E-state index in [0.29, 0.717) is 0 Å². The summed E-state index contributed by atoms with van der Waals surface area (Å²) in [6.07, 6.45) is 1.80. The second-order valence-corrected chi connectivity index (χ2v) is 5.83. The Kier molecular flexibility index (Phi) is 3.09. The van der Waals surface area contributed by atoms with E-state index in [4.69, 9.17) is 0 Å². The van der Waals surface area contributed by atoms with Gasteiger partial charge in [0, 0.05) is 10.7 Å². The number of H-pyrrole nitrogens is 1. The van der Waals surface area contributed by atoms with Crippen LogP contribution in [0.4, 0.5) is 0 Å². The van der Waals surface area contributed by atoms with Crippen LogP contribution < -0.4 is 0 Å². The Morgan fingerprint density at radius 1 is 1.28 bits per heavy atom. The predicted octanol–water partition coefficient (Wildman–Crippen LogP) is 4.18. The normalized spacial score (nSPS) is 11.0. The minimum Gasteiger partial charge on any atom is -0.333 e. The number of aromatic amines is 1. The summed E-state index contributed by atoms with van der Waals surface area (Å²) >= 11 is 4.96. The Labute approximate surface area is 117 Å². The first kappa shape index (κ1) is 11.7. The first-order valence-electron chi connectivity index (χ1n) is 5.47. The average molecular weight is 320 g/mol. The van der Waals surface area contributed by atoms with Gasteiger partial charge in [-0.2, -0.15) is 0 Å². The summed E-state index contributed by atoms with van der Waals surface area (Å²) in [5.74, 6) is 0. The molecule has 0 amide bonds. The van der Waals surface area contributed by atoms with E-state index in [9.17, 15) is 0 Å². The Balaban J connectivity index is 1.96. The molecule has 0 fully saturated rings. The molecule has 0 radical (unpaired) electrons. The van der Waals surface area contributed by atoms with Crippen molar-refractivity contribution < 1.29 is 0 Å². The summed E-state index contributed by atoms with van der Waals surface area (Å²) < 4.78 is 0.994. The van der Waals surface area contributed by atoms with Gasteiger partial charge in [-0.3, -0.25) is 0 Å². The Morgan fingerprint density at radius 3 is 2.89 bits per heavy atom. The van der Waals surface area contributed by atoms with Crippen molar-refractivity contribution >= 4 is 38.7 Å². The predicted molar refractivity (Wildman–Crippen MR) is 76.9 cm³/mol. The van der Waals surface area contributed by atoms with Gasteiger partial charge in [-0.1, -0.05) is 12.1 Å². The van der Waals surface area contributed by atoms with E-state index < -0.39 is 0 Å². The molecule has 0 saturated heterocycles. The molecule has 0 aliphatic heterocycles. The van der Waals surface area contributed by atoms with Gasteiger partial charge in [-0.05, 0) is 58.4 Å². The minimum absolute atomic E-state index is 0.870. The van der Waals surface area contributed by atoms with Crippen LogP contribution in [0.25, 0.3) is 11.0 Å². The highest BCUT2D eigenvalue weighted by atomic mass is 79.9. The SMILES string of the molecule is Cc1cc(Br)cnc1Sc1nc2ccccc2[nH]1. The lowest BCUT2D eigenvalue weighted by Gasteiger charge is -2.01. The van der Waals surface area contributed by atoms with E-state index in [0.717, 1.165) is 31.3 Å². The van der Waals surface area contributed by atoms with Gasteiger partial charge in [0.25, 0.3) is 0 Å². The second-order valence-electron chi connectivity index (χ2n) is 3.94. The van der Waals surface area contributed by atoms with Crippen molar-refractivity contribution in [3.8, 4) is 0 Å². The summed E-state index contributed by atoms with van der Waals surface area (Å²) in [6.45, 7) is 2.04. The van der Waals surface area contributed by atoms with Gasteiger partial charge in [-0.25, -0.2) is 9.97 Å². The number of rotatable bonds is 2. The van der Waals surface area contributed by atoms with E-state index in [2.05, 4.69) is 36.9 Å². The van der Waals surface area contributed by atoms with Crippen molar-refractivity contribution in [3.63, 3.8) is 0 Å². The molecule has 0 aliphatic rings. The Bertz CT molecular complexity index is 675. The van der Waals surface area contributed by atoms with Crippen molar-refractivity contribution in [1.29, 1.82) is 0 Å². The summed E-state index contributed by atoms with van der Waals surface area (Å²) in [7, 11) is 0. The zero-order valence-electron chi connectivity index (χ0n) is 9.64. The molecule has 0 unspecified atom stereocenters. The molecule has 3 nitrogen and oxygen atoms in total. The van der Waals surface area contributed by atoms with Crippen LogP contribution in [0.2, 0.25) is 0 Å². The minimum atomic E-state index is 0.870. The summed E-state index contributed by atoms with van der Waals surface area (Å²) in [5, 5.41) is 1.84.